The highest BCUT2D eigenvalue weighted by molar-refractivity contribution is 6.29. The number of hydrogen-bond donors (Lipinski definition) is 1. The summed E-state index contributed by atoms with van der Waals surface area (Å²) >= 11 is 5.68. The molecule has 3 rings (SSSR count). The number of carbonyl (C=O) groups excluding carboxylic acids is 2. The van der Waals surface area contributed by atoms with E-state index >= 15 is 0 Å². The van der Waals surface area contributed by atoms with E-state index in [1.165, 1.54) is 4.90 Å². The van der Waals surface area contributed by atoms with E-state index in [0.717, 1.165) is 11.1 Å². The van der Waals surface area contributed by atoms with Crippen LogP contribution in [-0.2, 0) is 16.6 Å². The molecule has 1 aromatic heterocycles. The number of alkyl halides is 1. The monoisotopic (exact) mass is 334 g/mol. The maximum absolute atomic E-state index is 12.1. The third kappa shape index (κ3) is 2.87. The molecule has 0 fully saturated rings. The number of anilines is 1. The van der Waals surface area contributed by atoms with Crippen LogP contribution < -0.4 is 15.4 Å². The number of amides is 2. The minimum Gasteiger partial charge on any atom is -0.477 e. The summed E-state index contributed by atoms with van der Waals surface area (Å²) in [5, 5.41) is 4.13. The van der Waals surface area contributed by atoms with Gasteiger partial charge in [0.25, 0.3) is 5.91 Å². The fourth-order valence-electron chi connectivity index (χ4n) is 2.49. The molecule has 23 heavy (non-hydrogen) atoms. The maximum Gasteiger partial charge on any atom is 0.260 e. The average Bonchev–Trinajstić information content (AvgIpc) is 2.99. The molecule has 1 aliphatic heterocycles. The summed E-state index contributed by atoms with van der Waals surface area (Å²) in [6.07, 6.45) is 2.70. The van der Waals surface area contributed by atoms with Gasteiger partial charge in [-0.25, -0.2) is 0 Å². The first-order chi connectivity index (χ1) is 11.0. The standard InChI is InChI=1S/C15H15ClN4O3/c1-19-7-10(6-18-19)9-2-3-12-11(4-9)20(14(21)5-16)8-13(23-12)15(17)22/h2-4,6-7,13H,5,8H2,1H3,(H2,17,22). The maximum atomic E-state index is 12.1. The zero-order valence-electron chi connectivity index (χ0n) is 12.4. The second kappa shape index (κ2) is 5.92. The van der Waals surface area contributed by atoms with E-state index in [2.05, 4.69) is 5.10 Å². The Kier molecular flexibility index (Phi) is 3.96. The van der Waals surface area contributed by atoms with Crippen LogP contribution in [0.4, 0.5) is 5.69 Å². The molecule has 0 aliphatic carbocycles. The Balaban J connectivity index is 2.04. The minimum atomic E-state index is -0.890. The summed E-state index contributed by atoms with van der Waals surface area (Å²) < 4.78 is 7.27. The van der Waals surface area contributed by atoms with Gasteiger partial charge in [-0.2, -0.15) is 5.10 Å². The van der Waals surface area contributed by atoms with Crippen molar-refractivity contribution in [2.75, 3.05) is 17.3 Å². The number of fused-ring (bicyclic) bond motifs is 1. The van der Waals surface area contributed by atoms with Gasteiger partial charge in [0.1, 0.15) is 11.6 Å². The molecule has 1 atom stereocenters. The topological polar surface area (TPSA) is 90.5 Å². The molecule has 2 heterocycles. The van der Waals surface area contributed by atoms with Crippen LogP contribution in [0.5, 0.6) is 5.75 Å². The molecule has 0 saturated carbocycles. The largest absolute Gasteiger partial charge is 0.477 e. The molecule has 7 nitrogen and oxygen atoms in total. The van der Waals surface area contributed by atoms with Crippen LogP contribution in [0.25, 0.3) is 11.1 Å². The summed E-state index contributed by atoms with van der Waals surface area (Å²) in [5.74, 6) is -0.710. The van der Waals surface area contributed by atoms with Crippen molar-refractivity contribution in [1.82, 2.24) is 9.78 Å². The summed E-state index contributed by atoms with van der Waals surface area (Å²) in [7, 11) is 1.83. The predicted octanol–water partition coefficient (Wildman–Crippen LogP) is 0.905. The molecule has 0 radical (unpaired) electrons. The summed E-state index contributed by atoms with van der Waals surface area (Å²) in [4.78, 5) is 25.0. The first-order valence-electron chi connectivity index (χ1n) is 6.95. The summed E-state index contributed by atoms with van der Waals surface area (Å²) in [5.41, 5.74) is 7.66. The quantitative estimate of drug-likeness (QED) is 0.844. The van der Waals surface area contributed by atoms with Gasteiger partial charge in [-0.05, 0) is 17.7 Å². The third-order valence-corrected chi connectivity index (χ3v) is 3.87. The Morgan fingerprint density at radius 1 is 1.43 bits per heavy atom. The first-order valence-corrected chi connectivity index (χ1v) is 7.48. The lowest BCUT2D eigenvalue weighted by Crippen LogP contribution is -2.49. The van der Waals surface area contributed by atoms with Crippen molar-refractivity contribution in [2.24, 2.45) is 12.8 Å². The number of hydrogen-bond acceptors (Lipinski definition) is 4. The highest BCUT2D eigenvalue weighted by atomic mass is 35.5. The summed E-state index contributed by atoms with van der Waals surface area (Å²) in [6, 6.07) is 5.36. The highest BCUT2D eigenvalue weighted by Crippen LogP contribution is 2.37. The molecule has 1 aromatic carbocycles. The van der Waals surface area contributed by atoms with Crippen LogP contribution in [0.1, 0.15) is 0 Å². The molecule has 0 spiro atoms. The Labute approximate surface area is 137 Å². The minimum absolute atomic E-state index is 0.0460. The van der Waals surface area contributed by atoms with Crippen molar-refractivity contribution in [3.05, 3.63) is 30.6 Å². The number of rotatable bonds is 3. The van der Waals surface area contributed by atoms with Crippen molar-refractivity contribution in [3.8, 4) is 16.9 Å². The molecule has 2 amide bonds. The van der Waals surface area contributed by atoms with Gasteiger partial charge in [0, 0.05) is 18.8 Å². The van der Waals surface area contributed by atoms with Gasteiger partial charge in [-0.1, -0.05) is 6.07 Å². The van der Waals surface area contributed by atoms with E-state index in [1.807, 2.05) is 25.4 Å². The predicted molar refractivity (Wildman–Crippen MR) is 85.3 cm³/mol. The average molecular weight is 335 g/mol. The Hall–Kier alpha value is -2.54. The zero-order chi connectivity index (χ0) is 16.6. The number of halogens is 1. The van der Waals surface area contributed by atoms with E-state index < -0.39 is 12.0 Å². The smallest absolute Gasteiger partial charge is 0.260 e. The van der Waals surface area contributed by atoms with Gasteiger partial charge in [0.05, 0.1) is 18.4 Å². The Morgan fingerprint density at radius 3 is 2.83 bits per heavy atom. The van der Waals surface area contributed by atoms with E-state index in [0.29, 0.717) is 11.4 Å². The first kappa shape index (κ1) is 15.4. The second-order valence-corrected chi connectivity index (χ2v) is 5.50. The van der Waals surface area contributed by atoms with Crippen LogP contribution in [-0.4, -0.2) is 40.1 Å². The molecule has 2 N–H and O–H groups in total. The zero-order valence-corrected chi connectivity index (χ0v) is 13.2. The number of ether oxygens (including phenoxy) is 1. The Bertz CT molecular complexity index is 774. The van der Waals surface area contributed by atoms with E-state index in [9.17, 15) is 9.59 Å². The molecule has 0 bridgehead atoms. The van der Waals surface area contributed by atoms with Crippen molar-refractivity contribution >= 4 is 29.1 Å². The highest BCUT2D eigenvalue weighted by Gasteiger charge is 2.32. The van der Waals surface area contributed by atoms with Crippen molar-refractivity contribution in [1.29, 1.82) is 0 Å². The third-order valence-electron chi connectivity index (χ3n) is 3.64. The van der Waals surface area contributed by atoms with Crippen LogP contribution >= 0.6 is 11.6 Å². The lowest BCUT2D eigenvalue weighted by molar-refractivity contribution is -0.125. The number of benzene rings is 1. The van der Waals surface area contributed by atoms with Crippen molar-refractivity contribution in [3.63, 3.8) is 0 Å². The van der Waals surface area contributed by atoms with E-state index in [-0.39, 0.29) is 18.3 Å². The molecule has 0 saturated heterocycles. The number of primary amides is 1. The molecular formula is C15H15ClN4O3. The number of aromatic nitrogens is 2. The molecule has 2 aromatic rings. The van der Waals surface area contributed by atoms with E-state index in [1.54, 1.807) is 16.9 Å². The number of nitrogens with zero attached hydrogens (tertiary/aromatic N) is 3. The molecule has 1 aliphatic rings. The van der Waals surface area contributed by atoms with Gasteiger partial charge in [0.2, 0.25) is 5.91 Å². The lowest BCUT2D eigenvalue weighted by Gasteiger charge is -2.33. The number of nitrogens with two attached hydrogens (primary N) is 1. The second-order valence-electron chi connectivity index (χ2n) is 5.23. The normalized spacial score (nSPS) is 16.6. The SMILES string of the molecule is Cn1cc(-c2ccc3c(c2)N(C(=O)CCl)CC(C(N)=O)O3)cn1. The van der Waals surface area contributed by atoms with Crippen molar-refractivity contribution in [2.45, 2.75) is 6.10 Å². The van der Waals surface area contributed by atoms with Crippen LogP contribution in [0, 0.1) is 0 Å². The van der Waals surface area contributed by atoms with Gasteiger partial charge in [-0.15, -0.1) is 11.6 Å². The van der Waals surface area contributed by atoms with Gasteiger partial charge in [-0.3, -0.25) is 14.3 Å². The van der Waals surface area contributed by atoms with Crippen molar-refractivity contribution < 1.29 is 14.3 Å². The number of aryl methyl sites for hydroxylation is 1. The van der Waals surface area contributed by atoms with Gasteiger partial charge < -0.3 is 15.4 Å². The van der Waals surface area contributed by atoms with Crippen LogP contribution in [0.3, 0.4) is 0 Å². The van der Waals surface area contributed by atoms with E-state index in [4.69, 9.17) is 22.1 Å². The lowest BCUT2D eigenvalue weighted by atomic mass is 10.1. The molecule has 120 valence electrons. The fraction of sp³-hybridized carbons (Fsp3) is 0.267. The van der Waals surface area contributed by atoms with Gasteiger partial charge >= 0.3 is 0 Å². The number of carbonyl (C=O) groups is 2. The van der Waals surface area contributed by atoms with Crippen LogP contribution in [0.2, 0.25) is 0 Å². The fourth-order valence-corrected chi connectivity index (χ4v) is 2.63. The van der Waals surface area contributed by atoms with Crippen LogP contribution in [0.15, 0.2) is 30.6 Å². The molecule has 1 unspecified atom stereocenters. The Morgan fingerprint density at radius 2 is 2.22 bits per heavy atom. The molecular weight excluding hydrogens is 320 g/mol. The summed E-state index contributed by atoms with van der Waals surface area (Å²) in [6.45, 7) is 0.0460. The molecule has 8 heteroatoms. The van der Waals surface area contributed by atoms with Gasteiger partial charge in [0.15, 0.2) is 6.10 Å².